The number of nitrogens with two attached hydrogens (primary N) is 2. The van der Waals surface area contributed by atoms with Crippen LogP contribution in [0.25, 0.3) is 0 Å². The highest BCUT2D eigenvalue weighted by atomic mass is 16.4. The Kier molecular flexibility index (Phi) is 7.51. The maximum absolute atomic E-state index is 10.6. The smallest absolute Gasteiger partial charge is 0.323 e. The summed E-state index contributed by atoms with van der Waals surface area (Å²) >= 11 is 0. The first kappa shape index (κ1) is 16.1. The third kappa shape index (κ3) is 7.69. The van der Waals surface area contributed by atoms with Gasteiger partial charge in [0.25, 0.3) is 0 Å². The van der Waals surface area contributed by atoms with Crippen molar-refractivity contribution in [2.45, 2.75) is 33.2 Å². The Balaban J connectivity index is 0. The summed E-state index contributed by atoms with van der Waals surface area (Å²) in [5.74, 6) is -0.510. The molecular formula is C10H21N3O2. The number of nitrogens with zero attached hydrogens (tertiary/aromatic N) is 1. The van der Waals surface area contributed by atoms with E-state index in [9.17, 15) is 4.79 Å². The van der Waals surface area contributed by atoms with Crippen LogP contribution in [0.2, 0.25) is 0 Å². The molecule has 15 heavy (non-hydrogen) atoms. The maximum Gasteiger partial charge on any atom is 0.323 e. The monoisotopic (exact) mass is 215 g/mol. The molecule has 0 aromatic heterocycles. The van der Waals surface area contributed by atoms with Gasteiger partial charge in [-0.3, -0.25) is 9.79 Å². The number of carbonyl (C=O) groups is 1. The number of hydrogen-bond donors (Lipinski definition) is 3. The summed E-state index contributed by atoms with van der Waals surface area (Å²) in [5.41, 5.74) is 9.59. The summed E-state index contributed by atoms with van der Waals surface area (Å²) in [4.78, 5) is 14.5. The highest BCUT2D eigenvalue weighted by Gasteiger charge is 2.25. The fourth-order valence-electron chi connectivity index (χ4n) is 0.687. The van der Waals surface area contributed by atoms with Crippen molar-refractivity contribution in [2.24, 2.45) is 16.5 Å². The molecular weight excluding hydrogens is 194 g/mol. The largest absolute Gasteiger partial charge is 0.480 e. The average Bonchev–Trinajstić information content (AvgIpc) is 2.02. The van der Waals surface area contributed by atoms with Crippen LogP contribution >= 0.6 is 0 Å². The second-order valence-corrected chi connectivity index (χ2v) is 3.38. The minimum absolute atomic E-state index is 0. The minimum Gasteiger partial charge on any atom is -0.480 e. The van der Waals surface area contributed by atoms with Gasteiger partial charge in [0.1, 0.15) is 5.54 Å². The van der Waals surface area contributed by atoms with E-state index in [1.54, 1.807) is 19.1 Å². The number of hydrogen-bond acceptors (Lipinski definition) is 3. The first-order valence-electron chi connectivity index (χ1n) is 4.30. The zero-order valence-corrected chi connectivity index (χ0v) is 8.53. The molecule has 0 amide bonds. The molecule has 0 radical (unpaired) electrons. The molecule has 0 rings (SSSR count). The number of aliphatic imine (C=N–C) groups is 1. The van der Waals surface area contributed by atoms with Crippen molar-refractivity contribution in [2.75, 3.05) is 6.54 Å². The predicted molar refractivity (Wildman–Crippen MR) is 62.9 cm³/mol. The van der Waals surface area contributed by atoms with E-state index >= 15 is 0 Å². The summed E-state index contributed by atoms with van der Waals surface area (Å²) in [6, 6.07) is 0. The molecule has 0 unspecified atom stereocenters. The van der Waals surface area contributed by atoms with E-state index in [1.165, 1.54) is 6.92 Å². The molecule has 0 saturated heterocycles. The number of aliphatic carboxylic acids is 1. The Labute approximate surface area is 90.9 Å². The van der Waals surface area contributed by atoms with Gasteiger partial charge >= 0.3 is 5.97 Å². The van der Waals surface area contributed by atoms with E-state index in [1.807, 2.05) is 0 Å². The molecule has 5 N–H and O–H groups in total. The van der Waals surface area contributed by atoms with Crippen LogP contribution in [-0.4, -0.2) is 29.0 Å². The topological polar surface area (TPSA) is 102 Å². The molecule has 0 aromatic rings. The highest BCUT2D eigenvalue weighted by molar-refractivity contribution is 5.78. The van der Waals surface area contributed by atoms with Crippen LogP contribution in [0.4, 0.5) is 0 Å². The van der Waals surface area contributed by atoms with Gasteiger partial charge in [-0.2, -0.15) is 0 Å². The van der Waals surface area contributed by atoms with Gasteiger partial charge in [-0.1, -0.05) is 19.6 Å². The Hall–Kier alpha value is -1.36. The molecule has 1 atom stereocenters. The van der Waals surface area contributed by atoms with E-state index in [0.29, 0.717) is 12.4 Å². The van der Waals surface area contributed by atoms with Gasteiger partial charge in [0.2, 0.25) is 0 Å². The van der Waals surface area contributed by atoms with E-state index < -0.39 is 11.5 Å². The van der Waals surface area contributed by atoms with Crippen LogP contribution in [0.5, 0.6) is 0 Å². The Morgan fingerprint density at radius 3 is 2.47 bits per heavy atom. The van der Waals surface area contributed by atoms with Crippen molar-refractivity contribution in [1.29, 1.82) is 0 Å². The van der Waals surface area contributed by atoms with Gasteiger partial charge < -0.3 is 16.6 Å². The van der Waals surface area contributed by atoms with E-state index in [0.717, 1.165) is 0 Å². The lowest BCUT2D eigenvalue weighted by Gasteiger charge is -2.15. The van der Waals surface area contributed by atoms with Crippen LogP contribution in [0, 0.1) is 0 Å². The van der Waals surface area contributed by atoms with Crippen molar-refractivity contribution < 1.29 is 9.90 Å². The molecule has 88 valence electrons. The van der Waals surface area contributed by atoms with Gasteiger partial charge in [0.15, 0.2) is 0 Å². The van der Waals surface area contributed by atoms with Crippen LogP contribution in [-0.2, 0) is 4.79 Å². The predicted octanol–water partition coefficient (Wildman–Crippen LogP) is 0.748. The van der Waals surface area contributed by atoms with Crippen molar-refractivity contribution in [3.8, 4) is 0 Å². The normalized spacial score (nSPS) is 15.8. The van der Waals surface area contributed by atoms with Gasteiger partial charge in [0, 0.05) is 0 Å². The summed E-state index contributed by atoms with van der Waals surface area (Å²) in [6.45, 7) is 3.62. The molecule has 5 nitrogen and oxygen atoms in total. The molecule has 0 aliphatic heterocycles. The molecule has 0 aliphatic rings. The first-order valence-corrected chi connectivity index (χ1v) is 4.30. The number of carboxylic acid groups (broad SMARTS) is 1. The molecule has 0 heterocycles. The van der Waals surface area contributed by atoms with Gasteiger partial charge in [0.05, 0.1) is 12.4 Å². The summed E-state index contributed by atoms with van der Waals surface area (Å²) < 4.78 is 0. The van der Waals surface area contributed by atoms with Gasteiger partial charge in [-0.25, -0.2) is 0 Å². The lowest BCUT2D eigenvalue weighted by molar-refractivity contribution is -0.142. The fourth-order valence-corrected chi connectivity index (χ4v) is 0.687. The third-order valence-corrected chi connectivity index (χ3v) is 1.64. The quantitative estimate of drug-likeness (QED) is 0.358. The highest BCUT2D eigenvalue weighted by Crippen LogP contribution is 2.06. The summed E-state index contributed by atoms with van der Waals surface area (Å²) in [5, 5.41) is 8.68. The van der Waals surface area contributed by atoms with Crippen LogP contribution in [0.1, 0.15) is 27.7 Å². The lowest BCUT2D eigenvalue weighted by atomic mass is 10.00. The Morgan fingerprint density at radius 2 is 2.07 bits per heavy atom. The van der Waals surface area contributed by atoms with Crippen molar-refractivity contribution >= 4 is 11.8 Å². The van der Waals surface area contributed by atoms with Crippen molar-refractivity contribution in [1.82, 2.24) is 0 Å². The van der Waals surface area contributed by atoms with Gasteiger partial charge in [-0.15, -0.1) is 0 Å². The van der Waals surface area contributed by atoms with Gasteiger partial charge in [-0.05, 0) is 20.3 Å². The van der Waals surface area contributed by atoms with Crippen LogP contribution < -0.4 is 11.5 Å². The Bertz CT molecular complexity index is 253. The Morgan fingerprint density at radius 1 is 1.53 bits per heavy atom. The molecule has 0 fully saturated rings. The van der Waals surface area contributed by atoms with Crippen LogP contribution in [0.3, 0.4) is 0 Å². The number of rotatable bonds is 5. The van der Waals surface area contributed by atoms with Crippen molar-refractivity contribution in [3.63, 3.8) is 0 Å². The third-order valence-electron chi connectivity index (χ3n) is 1.64. The number of amidine groups is 1. The zero-order chi connectivity index (χ0) is 11.2. The summed E-state index contributed by atoms with van der Waals surface area (Å²) in [6.07, 6.45) is 3.71. The second kappa shape index (κ2) is 7.00. The molecule has 0 aliphatic carbocycles. The van der Waals surface area contributed by atoms with E-state index in [-0.39, 0.29) is 13.8 Å². The summed E-state index contributed by atoms with van der Waals surface area (Å²) in [7, 11) is 0. The SMILES string of the molecule is C.CC(N)=NC/C=C/C[C@@](C)(N)C(=O)O. The van der Waals surface area contributed by atoms with Crippen LogP contribution in [0.15, 0.2) is 17.1 Å². The molecule has 0 saturated carbocycles. The second-order valence-electron chi connectivity index (χ2n) is 3.38. The molecule has 0 aromatic carbocycles. The average molecular weight is 215 g/mol. The first-order chi connectivity index (χ1) is 6.36. The fraction of sp³-hybridized carbons (Fsp3) is 0.600. The molecule has 5 heteroatoms. The maximum atomic E-state index is 10.6. The minimum atomic E-state index is -1.21. The van der Waals surface area contributed by atoms with Crippen molar-refractivity contribution in [3.05, 3.63) is 12.2 Å². The molecule has 0 bridgehead atoms. The number of carboxylic acids is 1. The zero-order valence-electron chi connectivity index (χ0n) is 8.53. The lowest BCUT2D eigenvalue weighted by Crippen LogP contribution is -2.44. The van der Waals surface area contributed by atoms with E-state index in [4.69, 9.17) is 16.6 Å². The van der Waals surface area contributed by atoms with E-state index in [2.05, 4.69) is 4.99 Å². The molecule has 0 spiro atoms. The standard InChI is InChI=1S/C9H17N3O2.CH4/c1-7(10)12-6-4-3-5-9(2,11)8(13)14;/h3-4H,5-6,11H2,1-2H3,(H2,10,12)(H,13,14);1H4/b4-3+;/t9-;/m1./s1.